The number of benzene rings is 1. The first kappa shape index (κ1) is 14.8. The summed E-state index contributed by atoms with van der Waals surface area (Å²) in [4.78, 5) is 22.0. The van der Waals surface area contributed by atoms with Crippen LogP contribution in [0, 0.1) is 0 Å². The van der Waals surface area contributed by atoms with Gasteiger partial charge in [-0.15, -0.1) is 0 Å². The molecule has 0 heterocycles. The highest BCUT2D eigenvalue weighted by atomic mass is 35.5. The van der Waals surface area contributed by atoms with E-state index in [0.29, 0.717) is 10.0 Å². The van der Waals surface area contributed by atoms with E-state index >= 15 is 0 Å². The van der Waals surface area contributed by atoms with Crippen LogP contribution in [-0.4, -0.2) is 29.7 Å². The van der Waals surface area contributed by atoms with Gasteiger partial charge >= 0.3 is 5.97 Å². The van der Waals surface area contributed by atoms with Crippen LogP contribution in [0.1, 0.15) is 6.92 Å². The average molecular weight is 292 g/mol. The number of rotatable bonds is 5. The van der Waals surface area contributed by atoms with Crippen LogP contribution in [0.2, 0.25) is 10.0 Å². The van der Waals surface area contributed by atoms with Crippen LogP contribution < -0.4 is 5.32 Å². The molecule has 0 aliphatic heterocycles. The normalized spacial score (nSPS) is 11.9. The summed E-state index contributed by atoms with van der Waals surface area (Å²) in [6, 6.07) is 4.79. The monoisotopic (exact) mass is 291 g/mol. The van der Waals surface area contributed by atoms with E-state index in [4.69, 9.17) is 33.0 Å². The molecule has 0 fully saturated rings. The quantitative estimate of drug-likeness (QED) is 0.874. The van der Waals surface area contributed by atoms with Gasteiger partial charge in [0.25, 0.3) is 0 Å². The van der Waals surface area contributed by atoms with E-state index in [-0.39, 0.29) is 5.69 Å². The van der Waals surface area contributed by atoms with Crippen molar-refractivity contribution in [3.63, 3.8) is 0 Å². The Kier molecular flexibility index (Phi) is 5.40. The maximum Gasteiger partial charge on any atom is 0.332 e. The number of ether oxygens (including phenoxy) is 1. The molecule has 7 heteroatoms. The van der Waals surface area contributed by atoms with E-state index in [1.54, 1.807) is 18.2 Å². The van der Waals surface area contributed by atoms with Crippen LogP contribution in [0.5, 0.6) is 0 Å². The van der Waals surface area contributed by atoms with Crippen LogP contribution in [0.3, 0.4) is 0 Å². The van der Waals surface area contributed by atoms with E-state index in [1.165, 1.54) is 6.92 Å². The second-order valence-corrected chi connectivity index (χ2v) is 4.25. The zero-order chi connectivity index (χ0) is 13.7. The fourth-order valence-electron chi connectivity index (χ4n) is 1.06. The summed E-state index contributed by atoms with van der Waals surface area (Å²) >= 11 is 11.7. The van der Waals surface area contributed by atoms with Crippen molar-refractivity contribution in [2.75, 3.05) is 11.9 Å². The predicted octanol–water partition coefficient (Wildman–Crippen LogP) is 2.42. The molecule has 98 valence electrons. The third kappa shape index (κ3) is 4.18. The highest BCUT2D eigenvalue weighted by molar-refractivity contribution is 6.39. The Morgan fingerprint density at radius 2 is 1.94 bits per heavy atom. The van der Waals surface area contributed by atoms with Gasteiger partial charge in [-0.25, -0.2) is 4.79 Å². The molecule has 2 N–H and O–H groups in total. The summed E-state index contributed by atoms with van der Waals surface area (Å²) in [7, 11) is 0. The Bertz CT molecular complexity index is 444. The van der Waals surface area contributed by atoms with E-state index in [0.717, 1.165) is 0 Å². The molecule has 0 aliphatic carbocycles. The lowest BCUT2D eigenvalue weighted by Crippen LogP contribution is -2.26. The molecule has 1 rings (SSSR count). The minimum atomic E-state index is -1.14. The summed E-state index contributed by atoms with van der Waals surface area (Å²) in [5, 5.41) is 11.6. The van der Waals surface area contributed by atoms with Crippen molar-refractivity contribution in [1.29, 1.82) is 0 Å². The van der Waals surface area contributed by atoms with Gasteiger partial charge in [0.1, 0.15) is 6.61 Å². The topological polar surface area (TPSA) is 75.6 Å². The predicted molar refractivity (Wildman–Crippen MR) is 68.1 cm³/mol. The fraction of sp³-hybridized carbons (Fsp3) is 0.273. The number of aliphatic carboxylic acids is 1. The van der Waals surface area contributed by atoms with Crippen molar-refractivity contribution < 1.29 is 19.4 Å². The lowest BCUT2D eigenvalue weighted by atomic mass is 10.3. The molecule has 0 aromatic heterocycles. The number of carbonyl (C=O) groups excluding carboxylic acids is 1. The number of anilines is 1. The molecule has 0 bridgehead atoms. The van der Waals surface area contributed by atoms with Gasteiger partial charge in [0.15, 0.2) is 6.10 Å². The summed E-state index contributed by atoms with van der Waals surface area (Å²) in [6.45, 7) is 0.938. The van der Waals surface area contributed by atoms with Gasteiger partial charge in [0, 0.05) is 0 Å². The van der Waals surface area contributed by atoms with Crippen molar-refractivity contribution in [2.24, 2.45) is 0 Å². The molecular formula is C11H11Cl2NO4. The molecular weight excluding hydrogens is 281 g/mol. The first-order valence-electron chi connectivity index (χ1n) is 5.00. The maximum atomic E-state index is 11.5. The van der Waals surface area contributed by atoms with Gasteiger partial charge in [0.2, 0.25) is 5.91 Å². The molecule has 0 radical (unpaired) electrons. The van der Waals surface area contributed by atoms with Crippen molar-refractivity contribution in [1.82, 2.24) is 0 Å². The third-order valence-electron chi connectivity index (χ3n) is 2.04. The summed E-state index contributed by atoms with van der Waals surface area (Å²) in [5.41, 5.74) is 0.275. The second kappa shape index (κ2) is 6.58. The SMILES string of the molecule is C[C@@H](OCC(=O)Nc1c(Cl)cccc1Cl)C(=O)O. The number of nitrogens with one attached hydrogen (secondary N) is 1. The summed E-state index contributed by atoms with van der Waals surface area (Å²) < 4.78 is 4.82. The van der Waals surface area contributed by atoms with Gasteiger partial charge in [-0.3, -0.25) is 4.79 Å². The Balaban J connectivity index is 2.58. The minimum absolute atomic E-state index is 0.275. The number of halogens is 2. The number of carbonyl (C=O) groups is 2. The van der Waals surface area contributed by atoms with Crippen molar-refractivity contribution in [3.05, 3.63) is 28.2 Å². The number of hydrogen-bond acceptors (Lipinski definition) is 3. The minimum Gasteiger partial charge on any atom is -0.479 e. The largest absolute Gasteiger partial charge is 0.479 e. The molecule has 5 nitrogen and oxygen atoms in total. The highest BCUT2D eigenvalue weighted by Gasteiger charge is 2.14. The van der Waals surface area contributed by atoms with Crippen molar-refractivity contribution in [3.8, 4) is 0 Å². The zero-order valence-corrected chi connectivity index (χ0v) is 11.0. The van der Waals surface area contributed by atoms with Crippen LogP contribution in [0.15, 0.2) is 18.2 Å². The lowest BCUT2D eigenvalue weighted by molar-refractivity contribution is -0.150. The van der Waals surface area contributed by atoms with E-state index in [1.807, 2.05) is 0 Å². The average Bonchev–Trinajstić information content (AvgIpc) is 2.30. The van der Waals surface area contributed by atoms with E-state index in [9.17, 15) is 9.59 Å². The van der Waals surface area contributed by atoms with Gasteiger partial charge in [-0.2, -0.15) is 0 Å². The van der Waals surface area contributed by atoms with E-state index in [2.05, 4.69) is 5.32 Å². The molecule has 1 aromatic carbocycles. The number of amides is 1. The van der Waals surface area contributed by atoms with Gasteiger partial charge in [-0.05, 0) is 19.1 Å². The van der Waals surface area contributed by atoms with E-state index < -0.39 is 24.6 Å². The maximum absolute atomic E-state index is 11.5. The fourth-order valence-corrected chi connectivity index (χ4v) is 1.56. The Morgan fingerprint density at radius 1 is 1.39 bits per heavy atom. The Labute approximate surface area is 114 Å². The summed E-state index contributed by atoms with van der Waals surface area (Å²) in [5.74, 6) is -1.67. The van der Waals surface area contributed by atoms with Gasteiger partial charge < -0.3 is 15.2 Å². The number of para-hydroxylation sites is 1. The molecule has 1 amide bonds. The Hall–Kier alpha value is -1.30. The van der Waals surface area contributed by atoms with Crippen LogP contribution in [-0.2, 0) is 14.3 Å². The van der Waals surface area contributed by atoms with Crippen LogP contribution in [0.4, 0.5) is 5.69 Å². The smallest absolute Gasteiger partial charge is 0.332 e. The molecule has 1 aromatic rings. The highest BCUT2D eigenvalue weighted by Crippen LogP contribution is 2.29. The lowest BCUT2D eigenvalue weighted by Gasteiger charge is -2.11. The molecule has 0 spiro atoms. The van der Waals surface area contributed by atoms with Crippen molar-refractivity contribution >= 4 is 40.8 Å². The molecule has 0 aliphatic rings. The number of hydrogen-bond donors (Lipinski definition) is 2. The molecule has 0 saturated carbocycles. The summed E-state index contributed by atoms with van der Waals surface area (Å²) in [6.07, 6.45) is -1.06. The second-order valence-electron chi connectivity index (χ2n) is 3.44. The van der Waals surface area contributed by atoms with Crippen LogP contribution in [0.25, 0.3) is 0 Å². The van der Waals surface area contributed by atoms with Gasteiger partial charge in [0.05, 0.1) is 15.7 Å². The third-order valence-corrected chi connectivity index (χ3v) is 2.67. The first-order chi connectivity index (χ1) is 8.41. The molecule has 18 heavy (non-hydrogen) atoms. The van der Waals surface area contributed by atoms with Crippen molar-refractivity contribution in [2.45, 2.75) is 13.0 Å². The van der Waals surface area contributed by atoms with Crippen LogP contribution >= 0.6 is 23.2 Å². The standard InChI is InChI=1S/C11H11Cl2NO4/c1-6(11(16)17)18-5-9(15)14-10-7(12)3-2-4-8(10)13/h2-4,6H,5H2,1H3,(H,14,15)(H,16,17)/t6-/m1/s1. The zero-order valence-electron chi connectivity index (χ0n) is 9.44. The molecule has 0 saturated heterocycles. The number of carboxylic acid groups (broad SMARTS) is 1. The first-order valence-corrected chi connectivity index (χ1v) is 5.75. The number of carboxylic acids is 1. The van der Waals surface area contributed by atoms with Gasteiger partial charge in [-0.1, -0.05) is 29.3 Å². The Morgan fingerprint density at radius 3 is 2.44 bits per heavy atom. The molecule has 1 atom stereocenters. The molecule has 0 unspecified atom stereocenters.